The number of pyridine rings is 1. The van der Waals surface area contributed by atoms with Gasteiger partial charge in [-0.05, 0) is 44.2 Å². The quantitative estimate of drug-likeness (QED) is 0.609. The lowest BCUT2D eigenvalue weighted by Crippen LogP contribution is -2.29. The Morgan fingerprint density at radius 3 is 2.88 bits per heavy atom. The summed E-state index contributed by atoms with van der Waals surface area (Å²) in [6.07, 6.45) is 2.94. The molecule has 1 aromatic heterocycles. The van der Waals surface area contributed by atoms with Gasteiger partial charge in [0.2, 0.25) is 11.6 Å². The van der Waals surface area contributed by atoms with Gasteiger partial charge in [0, 0.05) is 19.6 Å². The van der Waals surface area contributed by atoms with Crippen LogP contribution in [0.2, 0.25) is 0 Å². The number of amides is 1. The minimum atomic E-state index is -0.487. The maximum Gasteiger partial charge on any atom is 0.233 e. The summed E-state index contributed by atoms with van der Waals surface area (Å²) in [6, 6.07) is 2.24. The highest BCUT2D eigenvalue weighted by molar-refractivity contribution is 8.00. The van der Waals surface area contributed by atoms with Crippen molar-refractivity contribution in [3.8, 4) is 6.07 Å². The van der Waals surface area contributed by atoms with Crippen LogP contribution in [-0.4, -0.2) is 42.3 Å². The maximum atomic E-state index is 11.5. The van der Waals surface area contributed by atoms with Gasteiger partial charge in [-0.25, -0.2) is 9.83 Å². The molecule has 0 radical (unpaired) electrons. The summed E-state index contributed by atoms with van der Waals surface area (Å²) in [7, 11) is 0. The van der Waals surface area contributed by atoms with Gasteiger partial charge in [-0.1, -0.05) is 11.8 Å². The molecule has 1 saturated heterocycles. The molecule has 2 heterocycles. The van der Waals surface area contributed by atoms with Crippen molar-refractivity contribution in [2.75, 3.05) is 31.1 Å². The van der Waals surface area contributed by atoms with Crippen LogP contribution in [0.3, 0.4) is 0 Å². The molecule has 1 atom stereocenters. The molecule has 2 fully saturated rings. The lowest BCUT2D eigenvalue weighted by molar-refractivity contribution is -0.117. The van der Waals surface area contributed by atoms with Gasteiger partial charge in [-0.3, -0.25) is 4.79 Å². The van der Waals surface area contributed by atoms with Crippen LogP contribution in [0.5, 0.6) is 0 Å². The van der Waals surface area contributed by atoms with Gasteiger partial charge in [0.15, 0.2) is 0 Å². The van der Waals surface area contributed by atoms with Crippen LogP contribution in [0.25, 0.3) is 4.85 Å². The van der Waals surface area contributed by atoms with Gasteiger partial charge in [-0.2, -0.15) is 5.26 Å². The standard InChI is InChI=1S/C18H22N6OS/c1-11(16(20)25)26-18-13(10-19)14(12-4-5-12)15(21-2)17(23-18)24-8-3-6-22-7-9-24/h11-12,22H,3-9H2,1H3,(H2,20,25). The Bertz CT molecular complexity index is 784. The largest absolute Gasteiger partial charge is 0.369 e. The van der Waals surface area contributed by atoms with Crippen LogP contribution < -0.4 is 16.0 Å². The molecular formula is C18H22N6OS. The predicted molar refractivity (Wildman–Crippen MR) is 101 cm³/mol. The number of nitrogens with zero attached hydrogens (tertiary/aromatic N) is 4. The number of carbonyl (C=O) groups is 1. The Morgan fingerprint density at radius 2 is 2.27 bits per heavy atom. The highest BCUT2D eigenvalue weighted by Gasteiger charge is 2.34. The van der Waals surface area contributed by atoms with Crippen molar-refractivity contribution in [1.82, 2.24) is 10.3 Å². The van der Waals surface area contributed by atoms with E-state index in [1.807, 2.05) is 0 Å². The average molecular weight is 370 g/mol. The van der Waals surface area contributed by atoms with E-state index in [4.69, 9.17) is 12.3 Å². The maximum absolute atomic E-state index is 11.5. The van der Waals surface area contributed by atoms with Gasteiger partial charge in [0.05, 0.1) is 17.4 Å². The number of nitrogens with two attached hydrogens (primary N) is 1. The number of anilines is 1. The molecule has 0 bridgehead atoms. The smallest absolute Gasteiger partial charge is 0.233 e. The molecule has 1 aliphatic carbocycles. The van der Waals surface area contributed by atoms with E-state index in [0.717, 1.165) is 51.0 Å². The monoisotopic (exact) mass is 370 g/mol. The highest BCUT2D eigenvalue weighted by Crippen LogP contribution is 2.50. The van der Waals surface area contributed by atoms with E-state index in [-0.39, 0.29) is 5.92 Å². The van der Waals surface area contributed by atoms with E-state index >= 15 is 0 Å². The Labute approximate surface area is 157 Å². The molecule has 1 aromatic rings. The second-order valence-electron chi connectivity index (χ2n) is 6.63. The van der Waals surface area contributed by atoms with Crippen molar-refractivity contribution < 1.29 is 4.79 Å². The van der Waals surface area contributed by atoms with Gasteiger partial charge in [-0.15, -0.1) is 0 Å². The molecule has 1 unspecified atom stereocenters. The molecule has 1 saturated carbocycles. The summed E-state index contributed by atoms with van der Waals surface area (Å²) >= 11 is 1.21. The minimum absolute atomic E-state index is 0.240. The fourth-order valence-electron chi connectivity index (χ4n) is 3.14. The highest BCUT2D eigenvalue weighted by atomic mass is 32.2. The first-order chi connectivity index (χ1) is 12.6. The van der Waals surface area contributed by atoms with E-state index in [1.54, 1.807) is 6.92 Å². The van der Waals surface area contributed by atoms with Crippen molar-refractivity contribution in [1.29, 1.82) is 5.26 Å². The zero-order valence-electron chi connectivity index (χ0n) is 14.8. The van der Waals surface area contributed by atoms with E-state index < -0.39 is 11.2 Å². The number of nitriles is 1. The van der Waals surface area contributed by atoms with E-state index in [0.29, 0.717) is 22.1 Å². The van der Waals surface area contributed by atoms with Crippen molar-refractivity contribution >= 4 is 29.2 Å². The Kier molecular flexibility index (Phi) is 5.65. The summed E-state index contributed by atoms with van der Waals surface area (Å²) in [5.41, 5.74) is 7.15. The van der Waals surface area contributed by atoms with Gasteiger partial charge >= 0.3 is 0 Å². The van der Waals surface area contributed by atoms with Crippen molar-refractivity contribution in [3.63, 3.8) is 0 Å². The second-order valence-corrected chi connectivity index (χ2v) is 7.96. The third kappa shape index (κ3) is 3.77. The summed E-state index contributed by atoms with van der Waals surface area (Å²) in [6.45, 7) is 12.8. The van der Waals surface area contributed by atoms with Crippen molar-refractivity contribution in [2.24, 2.45) is 5.73 Å². The van der Waals surface area contributed by atoms with E-state index in [1.165, 1.54) is 11.8 Å². The zero-order valence-corrected chi connectivity index (χ0v) is 15.6. The molecule has 8 heteroatoms. The molecule has 0 spiro atoms. The van der Waals surface area contributed by atoms with Crippen LogP contribution in [-0.2, 0) is 4.79 Å². The summed E-state index contributed by atoms with van der Waals surface area (Å²) in [5, 5.41) is 13.1. The first kappa shape index (κ1) is 18.5. The van der Waals surface area contributed by atoms with Crippen molar-refractivity contribution in [2.45, 2.75) is 42.4 Å². The normalized spacial score (nSPS) is 18.5. The molecule has 2 aliphatic rings. The number of hydrogen-bond acceptors (Lipinski definition) is 6. The van der Waals surface area contributed by atoms with Gasteiger partial charge < -0.3 is 16.0 Å². The summed E-state index contributed by atoms with van der Waals surface area (Å²) < 4.78 is 0. The zero-order chi connectivity index (χ0) is 18.7. The SMILES string of the molecule is [C-]#[N+]c1c(N2CCCNCC2)nc(SC(C)C(N)=O)c(C#N)c1C1CC1. The van der Waals surface area contributed by atoms with E-state index in [9.17, 15) is 10.1 Å². The summed E-state index contributed by atoms with van der Waals surface area (Å²) in [5.74, 6) is 0.441. The fourth-order valence-corrected chi connectivity index (χ4v) is 4.00. The third-order valence-corrected chi connectivity index (χ3v) is 5.80. The molecule has 3 rings (SSSR count). The summed E-state index contributed by atoms with van der Waals surface area (Å²) in [4.78, 5) is 22.1. The van der Waals surface area contributed by atoms with Crippen LogP contribution in [0.4, 0.5) is 11.5 Å². The minimum Gasteiger partial charge on any atom is -0.369 e. The Morgan fingerprint density at radius 1 is 1.50 bits per heavy atom. The van der Waals surface area contributed by atoms with E-state index in [2.05, 4.69) is 26.1 Å². The Hall–Kier alpha value is -2.29. The number of primary amides is 1. The second kappa shape index (κ2) is 7.94. The lowest BCUT2D eigenvalue weighted by atomic mass is 10.0. The fraction of sp³-hybridized carbons (Fsp3) is 0.556. The Balaban J connectivity index is 2.13. The first-order valence-corrected chi connectivity index (χ1v) is 9.71. The van der Waals surface area contributed by atoms with Gasteiger partial charge in [0.1, 0.15) is 16.9 Å². The molecule has 7 nitrogen and oxygen atoms in total. The van der Waals surface area contributed by atoms with Crippen LogP contribution in [0.15, 0.2) is 5.03 Å². The average Bonchev–Trinajstić information content (AvgIpc) is 3.47. The first-order valence-electron chi connectivity index (χ1n) is 8.84. The van der Waals surface area contributed by atoms with Crippen LogP contribution in [0.1, 0.15) is 43.2 Å². The molecule has 3 N–H and O–H groups in total. The number of hydrogen-bond donors (Lipinski definition) is 2. The van der Waals surface area contributed by atoms with Crippen LogP contribution >= 0.6 is 11.8 Å². The number of carbonyl (C=O) groups excluding carboxylic acids is 1. The molecule has 1 amide bonds. The van der Waals surface area contributed by atoms with Gasteiger partial charge in [0.25, 0.3) is 0 Å². The third-order valence-electron chi connectivity index (χ3n) is 4.70. The topological polar surface area (TPSA) is 99.4 Å². The molecule has 136 valence electrons. The number of rotatable bonds is 5. The molecule has 1 aliphatic heterocycles. The van der Waals surface area contributed by atoms with Crippen molar-refractivity contribution in [3.05, 3.63) is 22.5 Å². The van der Waals surface area contributed by atoms with Crippen LogP contribution in [0, 0.1) is 17.9 Å². The number of aromatic nitrogens is 1. The number of nitrogens with one attached hydrogen (secondary N) is 1. The molecule has 26 heavy (non-hydrogen) atoms. The lowest BCUT2D eigenvalue weighted by Gasteiger charge is -2.25. The molecular weight excluding hydrogens is 348 g/mol. The molecule has 0 aromatic carbocycles. The predicted octanol–water partition coefficient (Wildman–Crippen LogP) is 2.15. The number of thioether (sulfide) groups is 1.